The van der Waals surface area contributed by atoms with Gasteiger partial charge in [0.2, 0.25) is 5.91 Å². The Hall–Kier alpha value is -2.43. The van der Waals surface area contributed by atoms with Crippen molar-refractivity contribution in [2.45, 2.75) is 51.5 Å². The Morgan fingerprint density at radius 2 is 1.89 bits per heavy atom. The summed E-state index contributed by atoms with van der Waals surface area (Å²) in [5.74, 6) is 2.94. The van der Waals surface area contributed by atoms with Crippen molar-refractivity contribution in [1.29, 1.82) is 0 Å². The van der Waals surface area contributed by atoms with Gasteiger partial charge in [0.05, 0.1) is 5.92 Å². The molecule has 1 unspecified atom stereocenters. The fraction of sp³-hybridized carbons (Fsp3) is 0.522. The Bertz CT molecular complexity index is 892. The maximum Gasteiger partial charge on any atom is 0.227 e. The van der Waals surface area contributed by atoms with Crippen LogP contribution in [0.3, 0.4) is 0 Å². The van der Waals surface area contributed by atoms with Crippen molar-refractivity contribution in [3.05, 3.63) is 53.0 Å². The van der Waals surface area contributed by atoms with Crippen LogP contribution < -0.4 is 4.90 Å². The van der Waals surface area contributed by atoms with E-state index in [1.165, 1.54) is 24.0 Å². The summed E-state index contributed by atoms with van der Waals surface area (Å²) in [5, 5.41) is 0. The summed E-state index contributed by atoms with van der Waals surface area (Å²) < 4.78 is 0. The molecule has 1 atom stereocenters. The van der Waals surface area contributed by atoms with Gasteiger partial charge in [-0.2, -0.15) is 0 Å². The Balaban J connectivity index is 1.30. The molecule has 5 heteroatoms. The van der Waals surface area contributed by atoms with Crippen LogP contribution in [0, 0.1) is 12.8 Å². The number of hydrogen-bond donors (Lipinski definition) is 0. The molecule has 5 nitrogen and oxygen atoms in total. The minimum Gasteiger partial charge on any atom is -0.356 e. The summed E-state index contributed by atoms with van der Waals surface area (Å²) in [5.41, 5.74) is 3.73. The van der Waals surface area contributed by atoms with Gasteiger partial charge >= 0.3 is 0 Å². The molecule has 1 aromatic carbocycles. The van der Waals surface area contributed by atoms with E-state index in [0.29, 0.717) is 11.8 Å². The summed E-state index contributed by atoms with van der Waals surface area (Å²) in [6.07, 6.45) is 5.41. The molecule has 0 radical (unpaired) electrons. The molecule has 1 aromatic heterocycles. The van der Waals surface area contributed by atoms with Gasteiger partial charge in [0, 0.05) is 43.9 Å². The molecule has 1 saturated carbocycles. The van der Waals surface area contributed by atoms with Gasteiger partial charge < -0.3 is 9.80 Å². The van der Waals surface area contributed by atoms with Crippen LogP contribution in [-0.2, 0) is 17.8 Å². The molecule has 1 amide bonds. The SMILES string of the molecule is Cc1cc(N2CCCC(C(=O)N3CCc4ccccc4C3)C2)nc(C2CC2)n1. The van der Waals surface area contributed by atoms with E-state index in [4.69, 9.17) is 4.98 Å². The number of amides is 1. The first-order valence-electron chi connectivity index (χ1n) is 10.6. The summed E-state index contributed by atoms with van der Waals surface area (Å²) in [6.45, 7) is 5.40. The standard InChI is InChI=1S/C23H28N4O/c1-16-13-21(25-22(24-16)18-8-9-18)26-11-4-7-20(15-26)23(28)27-12-10-17-5-2-3-6-19(17)14-27/h2-3,5-6,13,18,20H,4,7-12,14-15H2,1H3. The molecule has 28 heavy (non-hydrogen) atoms. The predicted octanol–water partition coefficient (Wildman–Crippen LogP) is 3.46. The van der Waals surface area contributed by atoms with Crippen molar-refractivity contribution in [1.82, 2.24) is 14.9 Å². The second kappa shape index (κ2) is 7.19. The first kappa shape index (κ1) is 17.7. The van der Waals surface area contributed by atoms with Crippen LogP contribution in [0.1, 0.15) is 54.2 Å². The highest BCUT2D eigenvalue weighted by Gasteiger charge is 2.32. The smallest absolute Gasteiger partial charge is 0.227 e. The molecule has 2 aliphatic heterocycles. The van der Waals surface area contributed by atoms with Crippen LogP contribution in [0.25, 0.3) is 0 Å². The highest BCUT2D eigenvalue weighted by Crippen LogP contribution is 2.39. The number of carbonyl (C=O) groups excluding carboxylic acids is 1. The number of aryl methyl sites for hydroxylation is 1. The summed E-state index contributed by atoms with van der Waals surface area (Å²) in [7, 11) is 0. The van der Waals surface area contributed by atoms with Crippen molar-refractivity contribution in [2.75, 3.05) is 24.5 Å². The number of fused-ring (bicyclic) bond motifs is 1. The first-order chi connectivity index (χ1) is 13.7. The van der Waals surface area contributed by atoms with Crippen molar-refractivity contribution >= 4 is 11.7 Å². The quantitative estimate of drug-likeness (QED) is 0.823. The largest absolute Gasteiger partial charge is 0.356 e. The van der Waals surface area contributed by atoms with Gasteiger partial charge in [0.25, 0.3) is 0 Å². The first-order valence-corrected chi connectivity index (χ1v) is 10.6. The molecule has 2 aromatic rings. The molecule has 5 rings (SSSR count). The van der Waals surface area contributed by atoms with E-state index in [1.807, 2.05) is 0 Å². The monoisotopic (exact) mass is 376 g/mol. The summed E-state index contributed by atoms with van der Waals surface area (Å²) in [6, 6.07) is 10.6. The third-order valence-electron chi connectivity index (χ3n) is 6.34. The molecule has 3 aliphatic rings. The van der Waals surface area contributed by atoms with E-state index >= 15 is 0 Å². The summed E-state index contributed by atoms with van der Waals surface area (Å²) >= 11 is 0. The maximum atomic E-state index is 13.3. The van der Waals surface area contributed by atoms with E-state index in [-0.39, 0.29) is 5.92 Å². The normalized spacial score (nSPS) is 22.1. The number of carbonyl (C=O) groups is 1. The molecule has 1 aliphatic carbocycles. The molecule has 0 N–H and O–H groups in total. The Labute approximate surface area is 166 Å². The van der Waals surface area contributed by atoms with Crippen molar-refractivity contribution in [3.63, 3.8) is 0 Å². The van der Waals surface area contributed by atoms with Gasteiger partial charge in [-0.1, -0.05) is 24.3 Å². The van der Waals surface area contributed by atoms with Gasteiger partial charge in [-0.3, -0.25) is 4.79 Å². The van der Waals surface area contributed by atoms with Gasteiger partial charge in [0.15, 0.2) is 0 Å². The lowest BCUT2D eigenvalue weighted by atomic mass is 9.94. The average Bonchev–Trinajstić information content (AvgIpc) is 3.58. The molecule has 3 heterocycles. The lowest BCUT2D eigenvalue weighted by Crippen LogP contribution is -2.46. The predicted molar refractivity (Wildman–Crippen MR) is 109 cm³/mol. The second-order valence-electron chi connectivity index (χ2n) is 8.56. The lowest BCUT2D eigenvalue weighted by molar-refractivity contribution is -0.136. The molecular formula is C23H28N4O. The molecule has 2 fully saturated rings. The highest BCUT2D eigenvalue weighted by atomic mass is 16.2. The average molecular weight is 377 g/mol. The van der Waals surface area contributed by atoms with Gasteiger partial charge in [-0.15, -0.1) is 0 Å². The number of benzene rings is 1. The van der Waals surface area contributed by atoms with Crippen LogP contribution >= 0.6 is 0 Å². The maximum absolute atomic E-state index is 13.3. The van der Waals surface area contributed by atoms with Crippen LogP contribution in [-0.4, -0.2) is 40.4 Å². The molecule has 0 spiro atoms. The zero-order valence-electron chi connectivity index (χ0n) is 16.6. The Morgan fingerprint density at radius 1 is 1.07 bits per heavy atom. The van der Waals surface area contributed by atoms with Crippen LogP contribution in [0.5, 0.6) is 0 Å². The zero-order chi connectivity index (χ0) is 19.1. The van der Waals surface area contributed by atoms with Gasteiger partial charge in [0.1, 0.15) is 11.6 Å². The van der Waals surface area contributed by atoms with Crippen LogP contribution in [0.15, 0.2) is 30.3 Å². The van der Waals surface area contributed by atoms with E-state index in [2.05, 4.69) is 52.0 Å². The molecule has 1 saturated heterocycles. The van der Waals surface area contributed by atoms with E-state index < -0.39 is 0 Å². The summed E-state index contributed by atoms with van der Waals surface area (Å²) in [4.78, 5) is 27.1. The number of anilines is 1. The van der Waals surface area contributed by atoms with Crippen LogP contribution in [0.4, 0.5) is 5.82 Å². The van der Waals surface area contributed by atoms with Gasteiger partial charge in [-0.25, -0.2) is 9.97 Å². The van der Waals surface area contributed by atoms with Crippen molar-refractivity contribution in [3.8, 4) is 0 Å². The van der Waals surface area contributed by atoms with E-state index in [1.54, 1.807) is 0 Å². The minimum absolute atomic E-state index is 0.0682. The lowest BCUT2D eigenvalue weighted by Gasteiger charge is -2.37. The minimum atomic E-state index is 0.0682. The third kappa shape index (κ3) is 3.50. The molecule has 0 bridgehead atoms. The van der Waals surface area contributed by atoms with Crippen molar-refractivity contribution in [2.24, 2.45) is 5.92 Å². The van der Waals surface area contributed by atoms with Crippen molar-refractivity contribution < 1.29 is 4.79 Å². The third-order valence-corrected chi connectivity index (χ3v) is 6.34. The topological polar surface area (TPSA) is 49.3 Å². The second-order valence-corrected chi connectivity index (χ2v) is 8.56. The number of rotatable bonds is 3. The number of aromatic nitrogens is 2. The fourth-order valence-corrected chi connectivity index (χ4v) is 4.59. The molecular weight excluding hydrogens is 348 g/mol. The zero-order valence-corrected chi connectivity index (χ0v) is 16.6. The number of nitrogens with zero attached hydrogens (tertiary/aromatic N) is 4. The van der Waals surface area contributed by atoms with Gasteiger partial charge in [-0.05, 0) is 50.2 Å². The molecule has 146 valence electrons. The van der Waals surface area contributed by atoms with E-state index in [9.17, 15) is 4.79 Å². The Morgan fingerprint density at radius 3 is 2.71 bits per heavy atom. The fourth-order valence-electron chi connectivity index (χ4n) is 4.59. The Kier molecular flexibility index (Phi) is 4.53. The van der Waals surface area contributed by atoms with Crippen LogP contribution in [0.2, 0.25) is 0 Å². The van der Waals surface area contributed by atoms with E-state index in [0.717, 1.165) is 62.8 Å². The highest BCUT2D eigenvalue weighted by molar-refractivity contribution is 5.80. The number of hydrogen-bond acceptors (Lipinski definition) is 4. The number of piperidine rings is 1.